The number of hydrogen-bond acceptors (Lipinski definition) is 2. The highest BCUT2D eigenvalue weighted by atomic mass is 16.5. The highest BCUT2D eigenvalue weighted by Crippen LogP contribution is 2.27. The number of amides is 1. The van der Waals surface area contributed by atoms with Gasteiger partial charge in [-0.1, -0.05) is 56.3 Å². The molecule has 2 aromatic rings. The second kappa shape index (κ2) is 9.05. The van der Waals surface area contributed by atoms with Crippen LogP contribution < -0.4 is 15.0 Å². The Kier molecular flexibility index (Phi) is 6.51. The molecular weight excluding hydrogens is 336 g/mol. The van der Waals surface area contributed by atoms with Crippen LogP contribution in [0.2, 0.25) is 0 Å². The van der Waals surface area contributed by atoms with Crippen molar-refractivity contribution in [3.63, 3.8) is 0 Å². The van der Waals surface area contributed by atoms with E-state index in [-0.39, 0.29) is 18.6 Å². The van der Waals surface area contributed by atoms with Gasteiger partial charge in [-0.3, -0.25) is 4.79 Å². The molecule has 4 nitrogen and oxygen atoms in total. The first-order valence-corrected chi connectivity index (χ1v) is 9.91. The monoisotopic (exact) mass is 367 g/mol. The van der Waals surface area contributed by atoms with Crippen molar-refractivity contribution in [2.45, 2.75) is 45.7 Å². The maximum absolute atomic E-state index is 12.4. The summed E-state index contributed by atoms with van der Waals surface area (Å²) < 4.78 is 5.86. The number of nitrogens with one attached hydrogen (secondary N) is 2. The SMILES string of the molecule is Cc1ccc(C(C)C)c(OCC(=O)N[C@H]2CC[NH+](Cc3ccccc3)C2)c1. The fourth-order valence-corrected chi connectivity index (χ4v) is 3.76. The first-order valence-electron chi connectivity index (χ1n) is 9.91. The van der Waals surface area contributed by atoms with Crippen LogP contribution in [-0.4, -0.2) is 31.6 Å². The number of rotatable bonds is 7. The molecule has 0 saturated carbocycles. The van der Waals surface area contributed by atoms with E-state index < -0.39 is 0 Å². The fraction of sp³-hybridized carbons (Fsp3) is 0.435. The largest absolute Gasteiger partial charge is 0.483 e. The third-order valence-corrected chi connectivity index (χ3v) is 5.19. The Bertz CT molecular complexity index is 758. The van der Waals surface area contributed by atoms with Crippen LogP contribution in [-0.2, 0) is 11.3 Å². The maximum atomic E-state index is 12.4. The molecule has 1 unspecified atom stereocenters. The van der Waals surface area contributed by atoms with E-state index in [4.69, 9.17) is 4.74 Å². The van der Waals surface area contributed by atoms with Gasteiger partial charge in [-0.2, -0.15) is 0 Å². The predicted molar refractivity (Wildman–Crippen MR) is 108 cm³/mol. The molecule has 4 heteroatoms. The maximum Gasteiger partial charge on any atom is 0.258 e. The standard InChI is InChI=1S/C23H30N2O2/c1-17(2)21-10-9-18(3)13-22(21)27-16-23(26)24-20-11-12-25(15-20)14-19-7-5-4-6-8-19/h4-10,13,17,20H,11-12,14-16H2,1-3H3,(H,24,26)/p+1/t20-/m0/s1. The molecule has 0 bridgehead atoms. The van der Waals surface area contributed by atoms with Crippen LogP contribution in [0.4, 0.5) is 0 Å². The lowest BCUT2D eigenvalue weighted by Crippen LogP contribution is -3.09. The van der Waals surface area contributed by atoms with Crippen LogP contribution in [0.1, 0.15) is 42.9 Å². The molecule has 1 aliphatic rings. The Morgan fingerprint density at radius 1 is 1.22 bits per heavy atom. The van der Waals surface area contributed by atoms with Crippen molar-refractivity contribution >= 4 is 5.91 Å². The van der Waals surface area contributed by atoms with Gasteiger partial charge in [0.1, 0.15) is 12.3 Å². The third kappa shape index (κ3) is 5.57. The van der Waals surface area contributed by atoms with E-state index in [0.717, 1.165) is 42.9 Å². The lowest BCUT2D eigenvalue weighted by Gasteiger charge is -2.16. The zero-order chi connectivity index (χ0) is 19.2. The molecule has 2 N–H and O–H groups in total. The first kappa shape index (κ1) is 19.4. The van der Waals surface area contributed by atoms with Crippen molar-refractivity contribution in [3.05, 3.63) is 65.2 Å². The van der Waals surface area contributed by atoms with E-state index in [2.05, 4.69) is 55.6 Å². The zero-order valence-corrected chi connectivity index (χ0v) is 16.6. The summed E-state index contributed by atoms with van der Waals surface area (Å²) in [6, 6.07) is 17.0. The molecule has 2 atom stereocenters. The second-order valence-electron chi connectivity index (χ2n) is 7.90. The summed E-state index contributed by atoms with van der Waals surface area (Å²) in [7, 11) is 0. The summed E-state index contributed by atoms with van der Waals surface area (Å²) in [6.07, 6.45) is 1.02. The molecule has 1 amide bonds. The van der Waals surface area contributed by atoms with Crippen LogP contribution >= 0.6 is 0 Å². The normalized spacial score (nSPS) is 19.3. The van der Waals surface area contributed by atoms with Crippen LogP contribution in [0.5, 0.6) is 5.75 Å². The van der Waals surface area contributed by atoms with Crippen LogP contribution in [0.15, 0.2) is 48.5 Å². The van der Waals surface area contributed by atoms with Crippen molar-refractivity contribution in [3.8, 4) is 5.75 Å². The van der Waals surface area contributed by atoms with Gasteiger partial charge in [0, 0.05) is 12.0 Å². The van der Waals surface area contributed by atoms with Crippen molar-refractivity contribution < 1.29 is 14.4 Å². The molecule has 144 valence electrons. The predicted octanol–water partition coefficient (Wildman–Crippen LogP) is 2.47. The Labute approximate surface area is 162 Å². The summed E-state index contributed by atoms with van der Waals surface area (Å²) >= 11 is 0. The Balaban J connectivity index is 1.47. The molecule has 0 spiro atoms. The zero-order valence-electron chi connectivity index (χ0n) is 16.6. The average Bonchev–Trinajstić information content (AvgIpc) is 3.07. The number of hydrogen-bond donors (Lipinski definition) is 2. The Morgan fingerprint density at radius 2 is 2.00 bits per heavy atom. The van der Waals surface area contributed by atoms with Gasteiger partial charge >= 0.3 is 0 Å². The molecule has 27 heavy (non-hydrogen) atoms. The summed E-state index contributed by atoms with van der Waals surface area (Å²) in [5.41, 5.74) is 3.64. The van der Waals surface area contributed by atoms with Gasteiger partial charge in [0.15, 0.2) is 6.61 Å². The summed E-state index contributed by atoms with van der Waals surface area (Å²) in [5.74, 6) is 1.16. The van der Waals surface area contributed by atoms with Gasteiger partial charge in [-0.25, -0.2) is 0 Å². The van der Waals surface area contributed by atoms with Crippen molar-refractivity contribution in [2.24, 2.45) is 0 Å². The smallest absolute Gasteiger partial charge is 0.258 e. The molecule has 3 rings (SSSR count). The van der Waals surface area contributed by atoms with Crippen LogP contribution in [0, 0.1) is 6.92 Å². The van der Waals surface area contributed by atoms with Gasteiger partial charge in [0.25, 0.3) is 5.91 Å². The Hall–Kier alpha value is -2.33. The minimum Gasteiger partial charge on any atom is -0.483 e. The molecule has 2 aromatic carbocycles. The van der Waals surface area contributed by atoms with Gasteiger partial charge in [-0.05, 0) is 30.0 Å². The first-order chi connectivity index (χ1) is 13.0. The molecule has 1 fully saturated rings. The highest BCUT2D eigenvalue weighted by molar-refractivity contribution is 5.77. The summed E-state index contributed by atoms with van der Waals surface area (Å²) in [4.78, 5) is 13.9. The van der Waals surface area contributed by atoms with E-state index in [0.29, 0.717) is 5.92 Å². The van der Waals surface area contributed by atoms with Gasteiger partial charge < -0.3 is 15.0 Å². The van der Waals surface area contributed by atoms with E-state index in [9.17, 15) is 4.79 Å². The van der Waals surface area contributed by atoms with Crippen molar-refractivity contribution in [2.75, 3.05) is 19.7 Å². The molecule has 0 aromatic heterocycles. The second-order valence-corrected chi connectivity index (χ2v) is 7.90. The highest BCUT2D eigenvalue weighted by Gasteiger charge is 2.27. The number of aryl methyl sites for hydroxylation is 1. The van der Waals surface area contributed by atoms with Crippen LogP contribution in [0.25, 0.3) is 0 Å². The molecular formula is C23H31N2O2+. The van der Waals surface area contributed by atoms with E-state index in [1.54, 1.807) is 0 Å². The van der Waals surface area contributed by atoms with Crippen molar-refractivity contribution in [1.29, 1.82) is 0 Å². The minimum absolute atomic E-state index is 0.0304. The van der Waals surface area contributed by atoms with E-state index in [1.807, 2.05) is 19.1 Å². The lowest BCUT2D eigenvalue weighted by atomic mass is 10.0. The average molecular weight is 368 g/mol. The number of quaternary nitrogens is 1. The quantitative estimate of drug-likeness (QED) is 0.790. The van der Waals surface area contributed by atoms with Gasteiger partial charge in [0.05, 0.1) is 19.1 Å². The van der Waals surface area contributed by atoms with Gasteiger partial charge in [0.2, 0.25) is 0 Å². The molecule has 0 radical (unpaired) electrons. The van der Waals surface area contributed by atoms with Crippen molar-refractivity contribution in [1.82, 2.24) is 5.32 Å². The molecule has 1 saturated heterocycles. The number of ether oxygens (including phenoxy) is 1. The number of carbonyl (C=O) groups is 1. The fourth-order valence-electron chi connectivity index (χ4n) is 3.76. The molecule has 1 aliphatic heterocycles. The van der Waals surface area contributed by atoms with E-state index >= 15 is 0 Å². The van der Waals surface area contributed by atoms with E-state index in [1.165, 1.54) is 10.5 Å². The topological polar surface area (TPSA) is 42.8 Å². The molecule has 1 heterocycles. The van der Waals surface area contributed by atoms with Crippen LogP contribution in [0.3, 0.4) is 0 Å². The lowest BCUT2D eigenvalue weighted by molar-refractivity contribution is -0.901. The van der Waals surface area contributed by atoms with Gasteiger partial charge in [-0.15, -0.1) is 0 Å². The summed E-state index contributed by atoms with van der Waals surface area (Å²) in [5, 5.41) is 3.14. The minimum atomic E-state index is -0.0304. The third-order valence-electron chi connectivity index (χ3n) is 5.19. The number of likely N-dealkylation sites (tertiary alicyclic amines) is 1. The number of benzene rings is 2. The molecule has 0 aliphatic carbocycles. The number of carbonyl (C=O) groups excluding carboxylic acids is 1. The Morgan fingerprint density at radius 3 is 2.74 bits per heavy atom. The summed E-state index contributed by atoms with van der Waals surface area (Å²) in [6.45, 7) is 9.48.